The minimum Gasteiger partial charge on any atom is -0.507 e. The maximum atomic E-state index is 13.2. The van der Waals surface area contributed by atoms with Gasteiger partial charge in [0.05, 0.1) is 17.9 Å². The molecule has 0 saturated carbocycles. The van der Waals surface area contributed by atoms with E-state index in [1.54, 1.807) is 48.9 Å². The van der Waals surface area contributed by atoms with Crippen molar-refractivity contribution in [1.29, 1.82) is 0 Å². The number of fused-ring (bicyclic) bond motifs is 1. The lowest BCUT2D eigenvalue weighted by Crippen LogP contribution is -2.31. The molecule has 34 heavy (non-hydrogen) atoms. The molecule has 2 aliphatic heterocycles. The minimum atomic E-state index is -0.705. The highest BCUT2D eigenvalue weighted by Crippen LogP contribution is 2.41. The van der Waals surface area contributed by atoms with Crippen LogP contribution < -0.4 is 4.74 Å². The number of aromatic nitrogens is 2. The van der Waals surface area contributed by atoms with Crippen LogP contribution >= 0.6 is 11.6 Å². The number of hydrogen-bond donors (Lipinski definition) is 1. The molecule has 2 aliphatic rings. The summed E-state index contributed by atoms with van der Waals surface area (Å²) in [6, 6.07) is 11.7. The number of aliphatic hydroxyl groups is 1. The van der Waals surface area contributed by atoms with E-state index < -0.39 is 17.7 Å². The van der Waals surface area contributed by atoms with E-state index in [1.165, 1.54) is 4.90 Å². The zero-order valence-electron chi connectivity index (χ0n) is 18.6. The standard InChI is InChI=1S/C26H24ClN3O4/c1-16-13-19-14-18(5-8-21(19)34-16)24(31)22-23(17-3-6-20(27)7-4-17)30(26(33)25(22)32)11-2-10-29-12-9-28-15-29/h3-9,12,14-16,23,31H,2,10-11,13H2,1H3/b24-22+. The highest BCUT2D eigenvalue weighted by atomic mass is 35.5. The topological polar surface area (TPSA) is 84.7 Å². The SMILES string of the molecule is CC1Cc2cc(/C(O)=C3\C(=O)C(=O)N(CCCn4ccnc4)C3c3ccc(Cl)cc3)ccc2O1. The Hall–Kier alpha value is -3.58. The lowest BCUT2D eigenvalue weighted by atomic mass is 9.94. The molecule has 2 aromatic carbocycles. The molecule has 2 unspecified atom stereocenters. The highest BCUT2D eigenvalue weighted by Gasteiger charge is 2.45. The van der Waals surface area contributed by atoms with E-state index in [0.717, 1.165) is 17.7 Å². The lowest BCUT2D eigenvalue weighted by Gasteiger charge is -2.25. The normalized spacial score (nSPS) is 21.1. The van der Waals surface area contributed by atoms with Gasteiger partial charge in [0.1, 0.15) is 17.6 Å². The molecule has 1 N–H and O–H groups in total. The van der Waals surface area contributed by atoms with Gasteiger partial charge in [-0.3, -0.25) is 9.59 Å². The second-order valence-electron chi connectivity index (χ2n) is 8.65. The molecule has 7 nitrogen and oxygen atoms in total. The van der Waals surface area contributed by atoms with Gasteiger partial charge in [-0.25, -0.2) is 4.98 Å². The van der Waals surface area contributed by atoms with Gasteiger partial charge >= 0.3 is 0 Å². The Morgan fingerprint density at radius 2 is 1.97 bits per heavy atom. The number of rotatable bonds is 6. The fraction of sp³-hybridized carbons (Fsp3) is 0.269. The number of aryl methyl sites for hydroxylation is 1. The lowest BCUT2D eigenvalue weighted by molar-refractivity contribution is -0.139. The summed E-state index contributed by atoms with van der Waals surface area (Å²) in [5.41, 5.74) is 2.26. The first kappa shape index (κ1) is 22.2. The molecule has 0 aliphatic carbocycles. The van der Waals surface area contributed by atoms with Crippen molar-refractivity contribution in [3.05, 3.63) is 88.5 Å². The third-order valence-electron chi connectivity index (χ3n) is 6.27. The van der Waals surface area contributed by atoms with E-state index in [-0.39, 0.29) is 17.4 Å². The molecule has 2 atom stereocenters. The molecule has 1 aromatic heterocycles. The number of likely N-dealkylation sites (tertiary alicyclic amines) is 1. The predicted octanol–water partition coefficient (Wildman–Crippen LogP) is 4.37. The van der Waals surface area contributed by atoms with Crippen LogP contribution in [0.1, 0.15) is 36.1 Å². The van der Waals surface area contributed by atoms with Gasteiger partial charge in [-0.1, -0.05) is 23.7 Å². The van der Waals surface area contributed by atoms with Crippen LogP contribution in [0.4, 0.5) is 0 Å². The first-order chi connectivity index (χ1) is 16.4. The van der Waals surface area contributed by atoms with Gasteiger partial charge in [-0.2, -0.15) is 0 Å². The fourth-order valence-corrected chi connectivity index (χ4v) is 4.80. The fourth-order valence-electron chi connectivity index (χ4n) is 4.67. The maximum Gasteiger partial charge on any atom is 0.295 e. The Kier molecular flexibility index (Phi) is 5.87. The van der Waals surface area contributed by atoms with Gasteiger partial charge in [-0.05, 0) is 54.8 Å². The number of ketones is 1. The molecule has 1 saturated heterocycles. The van der Waals surface area contributed by atoms with Crippen molar-refractivity contribution in [1.82, 2.24) is 14.5 Å². The highest BCUT2D eigenvalue weighted by molar-refractivity contribution is 6.46. The number of benzene rings is 2. The molecule has 8 heteroatoms. The number of imidazole rings is 1. The van der Waals surface area contributed by atoms with Crippen molar-refractivity contribution in [2.75, 3.05) is 6.54 Å². The second-order valence-corrected chi connectivity index (χ2v) is 9.09. The molecule has 0 bridgehead atoms. The summed E-state index contributed by atoms with van der Waals surface area (Å²) in [7, 11) is 0. The van der Waals surface area contributed by atoms with Crippen molar-refractivity contribution < 1.29 is 19.4 Å². The number of amides is 1. The van der Waals surface area contributed by atoms with E-state index in [2.05, 4.69) is 4.98 Å². The Balaban J connectivity index is 1.52. The molecule has 3 aromatic rings. The van der Waals surface area contributed by atoms with Crippen molar-refractivity contribution in [2.24, 2.45) is 0 Å². The molecule has 5 rings (SSSR count). The van der Waals surface area contributed by atoms with E-state index in [4.69, 9.17) is 16.3 Å². The third-order valence-corrected chi connectivity index (χ3v) is 6.52. The molecule has 1 fully saturated rings. The van der Waals surface area contributed by atoms with Crippen LogP contribution in [0, 0.1) is 0 Å². The molecular weight excluding hydrogens is 454 g/mol. The van der Waals surface area contributed by atoms with Crippen molar-refractivity contribution in [3.8, 4) is 5.75 Å². The number of carbonyl (C=O) groups excluding carboxylic acids is 2. The van der Waals surface area contributed by atoms with Gasteiger partial charge in [0.25, 0.3) is 11.7 Å². The smallest absolute Gasteiger partial charge is 0.295 e. The zero-order chi connectivity index (χ0) is 23.8. The number of Topliss-reactive ketones (excluding diaryl/α,β-unsaturated/α-hetero) is 1. The minimum absolute atomic E-state index is 0.0579. The predicted molar refractivity (Wildman–Crippen MR) is 128 cm³/mol. The largest absolute Gasteiger partial charge is 0.507 e. The zero-order valence-corrected chi connectivity index (χ0v) is 19.4. The number of halogens is 1. The first-order valence-electron chi connectivity index (χ1n) is 11.2. The molecular formula is C26H24ClN3O4. The summed E-state index contributed by atoms with van der Waals surface area (Å²) < 4.78 is 7.67. The summed E-state index contributed by atoms with van der Waals surface area (Å²) >= 11 is 6.08. The van der Waals surface area contributed by atoms with Crippen molar-refractivity contribution in [3.63, 3.8) is 0 Å². The van der Waals surface area contributed by atoms with Crippen LogP contribution in [0.5, 0.6) is 5.75 Å². The summed E-state index contributed by atoms with van der Waals surface area (Å²) in [6.45, 7) is 2.98. The van der Waals surface area contributed by atoms with Crippen LogP contribution in [0.15, 0.2) is 66.8 Å². The third kappa shape index (κ3) is 4.07. The van der Waals surface area contributed by atoms with Gasteiger partial charge in [0, 0.05) is 42.5 Å². The summed E-state index contributed by atoms with van der Waals surface area (Å²) in [5, 5.41) is 11.8. The van der Waals surface area contributed by atoms with E-state index in [1.807, 2.05) is 23.8 Å². The number of carbonyl (C=O) groups is 2. The summed E-state index contributed by atoms with van der Waals surface area (Å²) in [4.78, 5) is 31.8. The maximum absolute atomic E-state index is 13.2. The molecule has 1 amide bonds. The average Bonchev–Trinajstić information content (AvgIpc) is 3.53. The number of nitrogens with zero attached hydrogens (tertiary/aromatic N) is 3. The van der Waals surface area contributed by atoms with Gasteiger partial charge in [0.2, 0.25) is 0 Å². The second kappa shape index (κ2) is 8.99. The van der Waals surface area contributed by atoms with Crippen LogP contribution in [0.2, 0.25) is 5.02 Å². The Labute approximate surface area is 202 Å². The van der Waals surface area contributed by atoms with E-state index in [0.29, 0.717) is 35.7 Å². The van der Waals surface area contributed by atoms with Crippen molar-refractivity contribution in [2.45, 2.75) is 38.5 Å². The van der Waals surface area contributed by atoms with Gasteiger partial charge < -0.3 is 19.3 Å². The van der Waals surface area contributed by atoms with Crippen LogP contribution in [-0.4, -0.2) is 43.9 Å². The molecule has 0 radical (unpaired) electrons. The summed E-state index contributed by atoms with van der Waals surface area (Å²) in [5.74, 6) is -0.716. The number of ether oxygens (including phenoxy) is 1. The number of hydrogen-bond acceptors (Lipinski definition) is 5. The average molecular weight is 478 g/mol. The van der Waals surface area contributed by atoms with Gasteiger partial charge in [0.15, 0.2) is 0 Å². The molecule has 3 heterocycles. The first-order valence-corrected chi connectivity index (χ1v) is 11.6. The molecule has 0 spiro atoms. The monoisotopic (exact) mass is 477 g/mol. The van der Waals surface area contributed by atoms with Crippen LogP contribution in [0.25, 0.3) is 5.76 Å². The van der Waals surface area contributed by atoms with E-state index >= 15 is 0 Å². The Bertz CT molecular complexity index is 1270. The molecule has 174 valence electrons. The van der Waals surface area contributed by atoms with Crippen LogP contribution in [-0.2, 0) is 22.6 Å². The van der Waals surface area contributed by atoms with Gasteiger partial charge in [-0.15, -0.1) is 0 Å². The van der Waals surface area contributed by atoms with Crippen LogP contribution in [0.3, 0.4) is 0 Å². The van der Waals surface area contributed by atoms with E-state index in [9.17, 15) is 14.7 Å². The Morgan fingerprint density at radius 3 is 2.71 bits per heavy atom. The number of aliphatic hydroxyl groups excluding tert-OH is 1. The van der Waals surface area contributed by atoms with Crippen molar-refractivity contribution >= 4 is 29.1 Å². The Morgan fingerprint density at radius 1 is 1.18 bits per heavy atom. The summed E-state index contributed by atoms with van der Waals surface area (Å²) in [6.07, 6.45) is 6.67. The quantitative estimate of drug-likeness (QED) is 0.324.